The summed E-state index contributed by atoms with van der Waals surface area (Å²) >= 11 is 0. The monoisotopic (exact) mass is 252 g/mol. The van der Waals surface area contributed by atoms with Crippen molar-refractivity contribution in [3.05, 3.63) is 35.9 Å². The van der Waals surface area contributed by atoms with Gasteiger partial charge < -0.3 is 10.6 Å². The molecule has 96 valence electrons. The van der Waals surface area contributed by atoms with E-state index in [-0.39, 0.29) is 0 Å². The minimum absolute atomic E-state index is 0.602. The fourth-order valence-corrected chi connectivity index (χ4v) is 2.08. The number of fused-ring (bicyclic) bond motifs is 1. The first-order chi connectivity index (χ1) is 9.36. The largest absolute Gasteiger partial charge is 0.368 e. The number of pyridine rings is 1. The molecule has 1 saturated carbocycles. The number of hydrogen-bond donors (Lipinski definition) is 2. The van der Waals surface area contributed by atoms with Crippen LogP contribution in [0, 0.1) is 11.3 Å². The standard InChI is InChI=1S/C15H16N4/c16-10-12-9-11-3-1-2-4-14(11)19-15(12)18-8-7-17-13-5-6-13/h1-4,9,13,17H,5-8H2,(H,18,19). The van der Waals surface area contributed by atoms with E-state index in [1.807, 2.05) is 30.3 Å². The van der Waals surface area contributed by atoms with Gasteiger partial charge in [0.25, 0.3) is 0 Å². The summed E-state index contributed by atoms with van der Waals surface area (Å²) in [6.45, 7) is 1.70. The third-order valence-electron chi connectivity index (χ3n) is 3.27. The lowest BCUT2D eigenvalue weighted by Crippen LogP contribution is -2.24. The minimum Gasteiger partial charge on any atom is -0.368 e. The van der Waals surface area contributed by atoms with Crippen LogP contribution >= 0.6 is 0 Å². The van der Waals surface area contributed by atoms with Gasteiger partial charge in [-0.1, -0.05) is 18.2 Å². The Morgan fingerprint density at radius 1 is 1.26 bits per heavy atom. The fraction of sp³-hybridized carbons (Fsp3) is 0.333. The van der Waals surface area contributed by atoms with Crippen LogP contribution in [0.2, 0.25) is 0 Å². The van der Waals surface area contributed by atoms with E-state index in [2.05, 4.69) is 21.7 Å². The highest BCUT2D eigenvalue weighted by Crippen LogP contribution is 2.20. The zero-order valence-corrected chi connectivity index (χ0v) is 10.7. The number of rotatable bonds is 5. The van der Waals surface area contributed by atoms with Crippen molar-refractivity contribution in [2.75, 3.05) is 18.4 Å². The maximum absolute atomic E-state index is 9.19. The number of benzene rings is 1. The van der Waals surface area contributed by atoms with Gasteiger partial charge in [-0.05, 0) is 25.0 Å². The molecule has 0 atom stereocenters. The summed E-state index contributed by atoms with van der Waals surface area (Å²) in [6.07, 6.45) is 2.58. The average molecular weight is 252 g/mol. The number of hydrogen-bond acceptors (Lipinski definition) is 4. The lowest BCUT2D eigenvalue weighted by Gasteiger charge is -2.09. The highest BCUT2D eigenvalue weighted by atomic mass is 15.0. The van der Waals surface area contributed by atoms with Crippen molar-refractivity contribution < 1.29 is 0 Å². The minimum atomic E-state index is 0.602. The first kappa shape index (κ1) is 11.9. The summed E-state index contributed by atoms with van der Waals surface area (Å²) in [6, 6.07) is 12.7. The first-order valence-electron chi connectivity index (χ1n) is 6.64. The Hall–Kier alpha value is -2.12. The van der Waals surface area contributed by atoms with Crippen LogP contribution < -0.4 is 10.6 Å². The number of nitrogens with one attached hydrogen (secondary N) is 2. The molecule has 4 nitrogen and oxygen atoms in total. The van der Waals surface area contributed by atoms with Gasteiger partial charge in [-0.25, -0.2) is 4.98 Å². The van der Waals surface area contributed by atoms with Gasteiger partial charge in [0, 0.05) is 24.5 Å². The Balaban J connectivity index is 1.74. The second kappa shape index (κ2) is 5.25. The highest BCUT2D eigenvalue weighted by Gasteiger charge is 2.19. The van der Waals surface area contributed by atoms with Gasteiger partial charge in [-0.15, -0.1) is 0 Å². The van der Waals surface area contributed by atoms with Crippen molar-refractivity contribution >= 4 is 16.7 Å². The van der Waals surface area contributed by atoms with Gasteiger partial charge in [0.1, 0.15) is 11.9 Å². The molecule has 1 aliphatic carbocycles. The van der Waals surface area contributed by atoms with Crippen LogP contribution in [0.3, 0.4) is 0 Å². The number of nitrogens with zero attached hydrogens (tertiary/aromatic N) is 2. The van der Waals surface area contributed by atoms with Gasteiger partial charge >= 0.3 is 0 Å². The predicted octanol–water partition coefficient (Wildman–Crippen LogP) is 2.27. The third kappa shape index (κ3) is 2.83. The van der Waals surface area contributed by atoms with Crippen LogP contribution in [-0.2, 0) is 0 Å². The van der Waals surface area contributed by atoms with Gasteiger partial charge in [0.15, 0.2) is 0 Å². The van der Waals surface area contributed by atoms with Crippen LogP contribution in [0.5, 0.6) is 0 Å². The molecule has 0 amide bonds. The van der Waals surface area contributed by atoms with E-state index in [1.54, 1.807) is 0 Å². The quantitative estimate of drug-likeness (QED) is 0.801. The lowest BCUT2D eigenvalue weighted by molar-refractivity contribution is 0.700. The Kier molecular flexibility index (Phi) is 3.30. The van der Waals surface area contributed by atoms with Gasteiger partial charge in [0.2, 0.25) is 0 Å². The van der Waals surface area contributed by atoms with E-state index in [9.17, 15) is 5.26 Å². The molecule has 19 heavy (non-hydrogen) atoms. The Morgan fingerprint density at radius 3 is 2.89 bits per heavy atom. The lowest BCUT2D eigenvalue weighted by atomic mass is 10.1. The molecule has 0 saturated heterocycles. The number of aromatic nitrogens is 1. The van der Waals surface area contributed by atoms with E-state index < -0.39 is 0 Å². The normalized spacial score (nSPS) is 14.3. The average Bonchev–Trinajstić information content (AvgIpc) is 3.27. The van der Waals surface area contributed by atoms with Crippen molar-refractivity contribution in [1.82, 2.24) is 10.3 Å². The Bertz CT molecular complexity index is 626. The second-order valence-electron chi connectivity index (χ2n) is 4.84. The van der Waals surface area contributed by atoms with E-state index in [0.717, 1.165) is 24.0 Å². The molecule has 1 aromatic heterocycles. The third-order valence-corrected chi connectivity index (χ3v) is 3.27. The van der Waals surface area contributed by atoms with E-state index in [4.69, 9.17) is 0 Å². The summed E-state index contributed by atoms with van der Waals surface area (Å²) in [4.78, 5) is 4.52. The van der Waals surface area contributed by atoms with Crippen LogP contribution in [0.1, 0.15) is 18.4 Å². The highest BCUT2D eigenvalue weighted by molar-refractivity contribution is 5.82. The molecule has 0 aliphatic heterocycles. The molecule has 4 heteroatoms. The predicted molar refractivity (Wildman–Crippen MR) is 76.0 cm³/mol. The molecular weight excluding hydrogens is 236 g/mol. The smallest absolute Gasteiger partial charge is 0.144 e. The van der Waals surface area contributed by atoms with E-state index >= 15 is 0 Å². The van der Waals surface area contributed by atoms with Crippen molar-refractivity contribution in [1.29, 1.82) is 5.26 Å². The topological polar surface area (TPSA) is 60.7 Å². The molecular formula is C15H16N4. The Morgan fingerprint density at radius 2 is 2.11 bits per heavy atom. The van der Waals surface area contributed by atoms with Crippen molar-refractivity contribution in [3.63, 3.8) is 0 Å². The molecule has 1 heterocycles. The molecule has 2 aromatic rings. The Labute approximate surface area is 112 Å². The van der Waals surface area contributed by atoms with Crippen LogP contribution in [0.15, 0.2) is 30.3 Å². The summed E-state index contributed by atoms with van der Waals surface area (Å²) < 4.78 is 0. The fourth-order valence-electron chi connectivity index (χ4n) is 2.08. The second-order valence-corrected chi connectivity index (χ2v) is 4.84. The number of anilines is 1. The van der Waals surface area contributed by atoms with Gasteiger partial charge in [-0.2, -0.15) is 5.26 Å². The first-order valence-corrected chi connectivity index (χ1v) is 6.64. The maximum Gasteiger partial charge on any atom is 0.144 e. The number of para-hydroxylation sites is 1. The maximum atomic E-state index is 9.19. The molecule has 1 aromatic carbocycles. The van der Waals surface area contributed by atoms with Crippen molar-refractivity contribution in [2.24, 2.45) is 0 Å². The van der Waals surface area contributed by atoms with Gasteiger partial charge in [0.05, 0.1) is 11.1 Å². The number of nitriles is 1. The SMILES string of the molecule is N#Cc1cc2ccccc2nc1NCCNC1CC1. The molecule has 0 unspecified atom stereocenters. The molecule has 2 N–H and O–H groups in total. The molecule has 0 radical (unpaired) electrons. The van der Waals surface area contributed by atoms with Crippen LogP contribution in [0.25, 0.3) is 10.9 Å². The zero-order valence-electron chi connectivity index (χ0n) is 10.7. The molecule has 3 rings (SSSR count). The summed E-state index contributed by atoms with van der Waals surface area (Å²) in [7, 11) is 0. The van der Waals surface area contributed by atoms with E-state index in [0.29, 0.717) is 17.4 Å². The molecule has 0 spiro atoms. The summed E-state index contributed by atoms with van der Waals surface area (Å²) in [5.41, 5.74) is 1.52. The van der Waals surface area contributed by atoms with E-state index in [1.165, 1.54) is 12.8 Å². The molecule has 1 aliphatic rings. The summed E-state index contributed by atoms with van der Waals surface area (Å²) in [5, 5.41) is 16.9. The van der Waals surface area contributed by atoms with Crippen molar-refractivity contribution in [3.8, 4) is 6.07 Å². The van der Waals surface area contributed by atoms with Gasteiger partial charge in [-0.3, -0.25) is 0 Å². The molecule has 1 fully saturated rings. The van der Waals surface area contributed by atoms with Crippen LogP contribution in [-0.4, -0.2) is 24.1 Å². The summed E-state index contributed by atoms with van der Waals surface area (Å²) in [5.74, 6) is 0.679. The van der Waals surface area contributed by atoms with Crippen molar-refractivity contribution in [2.45, 2.75) is 18.9 Å². The molecule has 0 bridgehead atoms. The zero-order chi connectivity index (χ0) is 13.1. The van der Waals surface area contributed by atoms with Crippen LogP contribution in [0.4, 0.5) is 5.82 Å².